The van der Waals surface area contributed by atoms with Crippen LogP contribution in [0.2, 0.25) is 0 Å². The van der Waals surface area contributed by atoms with Crippen molar-refractivity contribution in [2.24, 2.45) is 0 Å². The Bertz CT molecular complexity index is 991. The molecule has 0 aliphatic carbocycles. The van der Waals surface area contributed by atoms with Crippen LogP contribution in [0.1, 0.15) is 0 Å². The number of para-hydroxylation sites is 3. The first-order chi connectivity index (χ1) is 11.2. The van der Waals surface area contributed by atoms with Crippen LogP contribution in [-0.4, -0.2) is 9.55 Å². The lowest BCUT2D eigenvalue weighted by atomic mass is 10.2. The average molecular weight is 306 g/mol. The summed E-state index contributed by atoms with van der Waals surface area (Å²) in [6.07, 6.45) is 0. The summed E-state index contributed by atoms with van der Waals surface area (Å²) in [7, 11) is 0. The van der Waals surface area contributed by atoms with E-state index < -0.39 is 11.6 Å². The van der Waals surface area contributed by atoms with Gasteiger partial charge < -0.3 is 0 Å². The molecule has 0 amide bonds. The number of fused-ring (bicyclic) bond motifs is 1. The van der Waals surface area contributed by atoms with E-state index in [9.17, 15) is 8.78 Å². The third-order valence-electron chi connectivity index (χ3n) is 3.75. The number of halogens is 2. The second kappa shape index (κ2) is 5.32. The Kier molecular flexibility index (Phi) is 3.15. The largest absolute Gasteiger partial charge is 0.292 e. The van der Waals surface area contributed by atoms with Crippen LogP contribution in [0.3, 0.4) is 0 Å². The normalized spacial score (nSPS) is 11.0. The van der Waals surface area contributed by atoms with Gasteiger partial charge in [0.25, 0.3) is 0 Å². The van der Waals surface area contributed by atoms with Crippen LogP contribution in [0.5, 0.6) is 0 Å². The Morgan fingerprint density at radius 1 is 0.783 bits per heavy atom. The highest BCUT2D eigenvalue weighted by Crippen LogP contribution is 2.30. The van der Waals surface area contributed by atoms with Gasteiger partial charge in [-0.1, -0.05) is 30.3 Å². The number of benzene rings is 3. The minimum Gasteiger partial charge on any atom is -0.292 e. The van der Waals surface area contributed by atoms with Crippen LogP contribution < -0.4 is 0 Å². The van der Waals surface area contributed by atoms with Crippen molar-refractivity contribution >= 4 is 11.0 Å². The van der Waals surface area contributed by atoms with Crippen molar-refractivity contribution in [3.05, 3.63) is 84.4 Å². The van der Waals surface area contributed by atoms with Gasteiger partial charge in [0.1, 0.15) is 17.5 Å². The van der Waals surface area contributed by atoms with Crippen molar-refractivity contribution in [1.29, 1.82) is 0 Å². The minimum absolute atomic E-state index is 0.270. The lowest BCUT2D eigenvalue weighted by molar-refractivity contribution is 0.585. The van der Waals surface area contributed by atoms with Crippen molar-refractivity contribution in [2.45, 2.75) is 0 Å². The Morgan fingerprint density at radius 3 is 2.30 bits per heavy atom. The van der Waals surface area contributed by atoms with Crippen molar-refractivity contribution in [2.75, 3.05) is 0 Å². The monoisotopic (exact) mass is 306 g/mol. The highest BCUT2D eigenvalue weighted by Gasteiger charge is 2.17. The topological polar surface area (TPSA) is 17.8 Å². The molecule has 4 aromatic rings. The number of hydrogen-bond acceptors (Lipinski definition) is 1. The number of imidazole rings is 1. The second-order valence-electron chi connectivity index (χ2n) is 5.22. The van der Waals surface area contributed by atoms with Gasteiger partial charge in [0.15, 0.2) is 0 Å². The SMILES string of the molecule is Fc1ccc(-c2nc3ccccc3n2-c2ccccc2)c(F)c1. The van der Waals surface area contributed by atoms with E-state index in [1.54, 1.807) is 0 Å². The fourth-order valence-corrected chi connectivity index (χ4v) is 2.72. The maximum atomic E-state index is 14.3. The van der Waals surface area contributed by atoms with E-state index in [-0.39, 0.29) is 5.56 Å². The van der Waals surface area contributed by atoms with Crippen LogP contribution in [0.15, 0.2) is 72.8 Å². The van der Waals surface area contributed by atoms with Crippen LogP contribution in [-0.2, 0) is 0 Å². The third-order valence-corrected chi connectivity index (χ3v) is 3.75. The molecule has 0 bridgehead atoms. The van der Waals surface area contributed by atoms with Gasteiger partial charge in [-0.05, 0) is 36.4 Å². The summed E-state index contributed by atoms with van der Waals surface area (Å²) in [5, 5.41) is 0. The molecule has 4 rings (SSSR count). The molecule has 23 heavy (non-hydrogen) atoms. The van der Waals surface area contributed by atoms with E-state index in [0.29, 0.717) is 5.82 Å². The lowest BCUT2D eigenvalue weighted by Gasteiger charge is -2.10. The van der Waals surface area contributed by atoms with Gasteiger partial charge in [0.2, 0.25) is 0 Å². The van der Waals surface area contributed by atoms with Crippen molar-refractivity contribution < 1.29 is 8.78 Å². The third kappa shape index (κ3) is 2.28. The van der Waals surface area contributed by atoms with E-state index in [1.807, 2.05) is 59.2 Å². The molecule has 112 valence electrons. The molecule has 4 heteroatoms. The smallest absolute Gasteiger partial charge is 0.148 e. The first-order valence-corrected chi connectivity index (χ1v) is 7.22. The van der Waals surface area contributed by atoms with E-state index in [4.69, 9.17) is 0 Å². The summed E-state index contributed by atoms with van der Waals surface area (Å²) in [6, 6.07) is 20.7. The molecule has 0 fully saturated rings. The zero-order valence-corrected chi connectivity index (χ0v) is 12.1. The maximum Gasteiger partial charge on any atom is 0.148 e. The van der Waals surface area contributed by atoms with E-state index in [0.717, 1.165) is 22.8 Å². The van der Waals surface area contributed by atoms with Crippen LogP contribution >= 0.6 is 0 Å². The molecule has 3 aromatic carbocycles. The van der Waals surface area contributed by atoms with E-state index >= 15 is 0 Å². The van der Waals surface area contributed by atoms with E-state index in [1.165, 1.54) is 12.1 Å². The standard InChI is InChI=1S/C19H12F2N2/c20-13-10-11-15(16(21)12-13)19-22-17-8-4-5-9-18(17)23(19)14-6-2-1-3-7-14/h1-12H. The minimum atomic E-state index is -0.627. The molecule has 2 nitrogen and oxygen atoms in total. The number of hydrogen-bond donors (Lipinski definition) is 0. The van der Waals surface area contributed by atoms with Crippen LogP contribution in [0, 0.1) is 11.6 Å². The van der Waals surface area contributed by atoms with Crippen molar-refractivity contribution in [1.82, 2.24) is 9.55 Å². The predicted molar refractivity (Wildman–Crippen MR) is 86.4 cm³/mol. The molecule has 0 atom stereocenters. The Balaban J connectivity index is 2.07. The Labute approximate surface area is 131 Å². The molecule has 1 heterocycles. The number of aromatic nitrogens is 2. The number of nitrogens with zero attached hydrogens (tertiary/aromatic N) is 2. The molecule has 0 saturated heterocycles. The zero-order chi connectivity index (χ0) is 15.8. The molecule has 0 unspecified atom stereocenters. The first kappa shape index (κ1) is 13.6. The summed E-state index contributed by atoms with van der Waals surface area (Å²) in [5.74, 6) is -0.777. The Morgan fingerprint density at radius 2 is 1.52 bits per heavy atom. The van der Waals surface area contributed by atoms with Gasteiger partial charge in [-0.15, -0.1) is 0 Å². The number of rotatable bonds is 2. The molecule has 0 spiro atoms. The fraction of sp³-hybridized carbons (Fsp3) is 0. The molecular formula is C19H12F2N2. The highest BCUT2D eigenvalue weighted by molar-refractivity contribution is 5.83. The van der Waals surface area contributed by atoms with Crippen LogP contribution in [0.25, 0.3) is 28.1 Å². The summed E-state index contributed by atoms with van der Waals surface area (Å²) in [6.45, 7) is 0. The quantitative estimate of drug-likeness (QED) is 0.511. The second-order valence-corrected chi connectivity index (χ2v) is 5.22. The van der Waals surface area contributed by atoms with Gasteiger partial charge in [-0.3, -0.25) is 4.57 Å². The van der Waals surface area contributed by atoms with Crippen molar-refractivity contribution in [3.8, 4) is 17.1 Å². The molecule has 0 aliphatic rings. The summed E-state index contributed by atoms with van der Waals surface area (Å²) in [4.78, 5) is 4.55. The van der Waals surface area contributed by atoms with E-state index in [2.05, 4.69) is 4.98 Å². The maximum absolute atomic E-state index is 14.3. The van der Waals surface area contributed by atoms with Gasteiger partial charge >= 0.3 is 0 Å². The molecule has 0 N–H and O–H groups in total. The highest BCUT2D eigenvalue weighted by atomic mass is 19.1. The summed E-state index contributed by atoms with van der Waals surface area (Å²) >= 11 is 0. The summed E-state index contributed by atoms with van der Waals surface area (Å²) < 4.78 is 29.4. The molecule has 0 radical (unpaired) electrons. The van der Waals surface area contributed by atoms with Gasteiger partial charge in [0.05, 0.1) is 16.6 Å². The first-order valence-electron chi connectivity index (χ1n) is 7.22. The zero-order valence-electron chi connectivity index (χ0n) is 12.1. The van der Waals surface area contributed by atoms with Crippen LogP contribution in [0.4, 0.5) is 8.78 Å². The predicted octanol–water partition coefficient (Wildman–Crippen LogP) is 4.97. The molecule has 0 aliphatic heterocycles. The van der Waals surface area contributed by atoms with Gasteiger partial charge in [-0.2, -0.15) is 0 Å². The van der Waals surface area contributed by atoms with Gasteiger partial charge in [-0.25, -0.2) is 13.8 Å². The molecule has 0 saturated carbocycles. The summed E-state index contributed by atoms with van der Waals surface area (Å²) in [5.41, 5.74) is 2.78. The Hall–Kier alpha value is -3.01. The van der Waals surface area contributed by atoms with Gasteiger partial charge in [0, 0.05) is 11.8 Å². The average Bonchev–Trinajstić information content (AvgIpc) is 2.94. The molecule has 1 aromatic heterocycles. The molecular weight excluding hydrogens is 294 g/mol. The van der Waals surface area contributed by atoms with Crippen molar-refractivity contribution in [3.63, 3.8) is 0 Å². The lowest BCUT2D eigenvalue weighted by Crippen LogP contribution is -1.99. The fourth-order valence-electron chi connectivity index (χ4n) is 2.72.